The largest absolute Gasteiger partial charge is 0.573 e. The van der Waals surface area contributed by atoms with Gasteiger partial charge >= 0.3 is 6.36 Å². The van der Waals surface area contributed by atoms with E-state index in [-0.39, 0.29) is 5.75 Å². The molecular weight excluding hydrogens is 293 g/mol. The molecule has 0 saturated heterocycles. The number of benzene rings is 2. The Bertz CT molecular complexity index is 632. The lowest BCUT2D eigenvalue weighted by Gasteiger charge is -2.08. The molecular formula is C16H15F3N2O. The van der Waals surface area contributed by atoms with Crippen molar-refractivity contribution in [1.29, 1.82) is 0 Å². The zero-order chi connectivity index (χ0) is 16.2. The Balaban J connectivity index is 2.03. The van der Waals surface area contributed by atoms with Crippen LogP contribution in [-0.2, 0) is 0 Å². The van der Waals surface area contributed by atoms with E-state index < -0.39 is 6.36 Å². The molecule has 6 heteroatoms. The molecule has 0 saturated carbocycles. The molecule has 0 fully saturated rings. The van der Waals surface area contributed by atoms with E-state index >= 15 is 0 Å². The third-order valence-electron chi connectivity index (χ3n) is 2.91. The van der Waals surface area contributed by atoms with Crippen LogP contribution >= 0.6 is 0 Å². The molecule has 0 heterocycles. The first kappa shape index (κ1) is 16.0. The number of alkyl halides is 3. The first-order valence-electron chi connectivity index (χ1n) is 6.71. The van der Waals surface area contributed by atoms with Crippen molar-refractivity contribution in [2.45, 2.75) is 26.1 Å². The Kier molecular flexibility index (Phi) is 4.80. The van der Waals surface area contributed by atoms with E-state index in [9.17, 15) is 13.2 Å². The van der Waals surface area contributed by atoms with Gasteiger partial charge in [0.05, 0.1) is 11.4 Å². The Morgan fingerprint density at radius 2 is 1.27 bits per heavy atom. The molecule has 0 radical (unpaired) electrons. The number of halogens is 3. The minimum absolute atomic E-state index is 0.285. The van der Waals surface area contributed by atoms with Crippen molar-refractivity contribution in [3.8, 4) is 5.75 Å². The maximum atomic E-state index is 12.0. The van der Waals surface area contributed by atoms with Crippen LogP contribution in [0.3, 0.4) is 0 Å². The average molecular weight is 308 g/mol. The smallest absolute Gasteiger partial charge is 0.406 e. The Hall–Kier alpha value is -2.37. The van der Waals surface area contributed by atoms with Gasteiger partial charge in [-0.05, 0) is 47.9 Å². The van der Waals surface area contributed by atoms with Gasteiger partial charge in [-0.2, -0.15) is 10.2 Å². The lowest BCUT2D eigenvalue weighted by Crippen LogP contribution is -2.16. The van der Waals surface area contributed by atoms with E-state index in [1.54, 1.807) is 0 Å². The number of ether oxygens (including phenoxy) is 1. The number of hydrogen-bond acceptors (Lipinski definition) is 3. The molecule has 3 nitrogen and oxygen atoms in total. The second-order valence-corrected chi connectivity index (χ2v) is 4.99. The Morgan fingerprint density at radius 3 is 1.68 bits per heavy atom. The van der Waals surface area contributed by atoms with Crippen molar-refractivity contribution in [3.05, 3.63) is 54.1 Å². The van der Waals surface area contributed by atoms with Crippen molar-refractivity contribution in [1.82, 2.24) is 0 Å². The van der Waals surface area contributed by atoms with Crippen LogP contribution in [0.5, 0.6) is 5.75 Å². The molecule has 0 aliphatic carbocycles. The van der Waals surface area contributed by atoms with E-state index in [1.807, 2.05) is 24.3 Å². The summed E-state index contributed by atoms with van der Waals surface area (Å²) >= 11 is 0. The SMILES string of the molecule is CC(C)c1ccc(N=Nc2ccc(OC(F)(F)F)cc2)cc1. The third-order valence-corrected chi connectivity index (χ3v) is 2.91. The molecule has 0 unspecified atom stereocenters. The molecule has 2 aromatic carbocycles. The molecule has 0 amide bonds. The zero-order valence-corrected chi connectivity index (χ0v) is 12.1. The van der Waals surface area contributed by atoms with Gasteiger partial charge < -0.3 is 4.74 Å². The van der Waals surface area contributed by atoms with Gasteiger partial charge in [-0.3, -0.25) is 0 Å². The van der Waals surface area contributed by atoms with Gasteiger partial charge in [-0.25, -0.2) is 0 Å². The van der Waals surface area contributed by atoms with Gasteiger partial charge in [0.2, 0.25) is 0 Å². The molecule has 2 rings (SSSR count). The standard InChI is InChI=1S/C16H15F3N2O/c1-11(2)12-3-5-13(6-4-12)20-21-14-7-9-15(10-8-14)22-16(17,18)19/h3-11H,1-2H3. The summed E-state index contributed by atoms with van der Waals surface area (Å²) in [5, 5.41) is 8.02. The highest BCUT2D eigenvalue weighted by atomic mass is 19.4. The van der Waals surface area contributed by atoms with Crippen LogP contribution in [0.1, 0.15) is 25.3 Å². The van der Waals surface area contributed by atoms with Crippen LogP contribution in [0.4, 0.5) is 24.5 Å². The molecule has 0 spiro atoms. The van der Waals surface area contributed by atoms with Crippen LogP contribution in [-0.4, -0.2) is 6.36 Å². The summed E-state index contributed by atoms with van der Waals surface area (Å²) in [5.74, 6) is 0.153. The topological polar surface area (TPSA) is 34.0 Å². The highest BCUT2D eigenvalue weighted by Crippen LogP contribution is 2.26. The highest BCUT2D eigenvalue weighted by molar-refractivity contribution is 5.43. The molecule has 0 N–H and O–H groups in total. The molecule has 0 bridgehead atoms. The first-order chi connectivity index (χ1) is 10.3. The second kappa shape index (κ2) is 6.60. The summed E-state index contributed by atoms with van der Waals surface area (Å²) in [6, 6.07) is 12.9. The van der Waals surface area contributed by atoms with Gasteiger partial charge in [-0.15, -0.1) is 13.2 Å². The summed E-state index contributed by atoms with van der Waals surface area (Å²) in [5.41, 5.74) is 2.33. The van der Waals surface area contributed by atoms with Gasteiger partial charge in [0, 0.05) is 0 Å². The summed E-state index contributed by atoms with van der Waals surface area (Å²) in [6.45, 7) is 4.20. The average Bonchev–Trinajstić information content (AvgIpc) is 2.45. The lowest BCUT2D eigenvalue weighted by molar-refractivity contribution is -0.274. The fourth-order valence-electron chi connectivity index (χ4n) is 1.76. The van der Waals surface area contributed by atoms with E-state index in [0.29, 0.717) is 17.3 Å². The maximum absolute atomic E-state index is 12.0. The van der Waals surface area contributed by atoms with Crippen molar-refractivity contribution in [2.75, 3.05) is 0 Å². The lowest BCUT2D eigenvalue weighted by atomic mass is 10.0. The summed E-state index contributed by atoms with van der Waals surface area (Å²) in [7, 11) is 0. The molecule has 0 aliphatic rings. The monoisotopic (exact) mass is 308 g/mol. The van der Waals surface area contributed by atoms with E-state index in [1.165, 1.54) is 29.8 Å². The predicted molar refractivity (Wildman–Crippen MR) is 77.8 cm³/mol. The second-order valence-electron chi connectivity index (χ2n) is 4.99. The van der Waals surface area contributed by atoms with Crippen molar-refractivity contribution < 1.29 is 17.9 Å². The van der Waals surface area contributed by atoms with E-state index in [2.05, 4.69) is 28.8 Å². The third kappa shape index (κ3) is 4.87. The van der Waals surface area contributed by atoms with Crippen LogP contribution in [0.25, 0.3) is 0 Å². The summed E-state index contributed by atoms with van der Waals surface area (Å²) < 4.78 is 39.9. The summed E-state index contributed by atoms with van der Waals surface area (Å²) in [6.07, 6.45) is -4.69. The minimum Gasteiger partial charge on any atom is -0.406 e. The quantitative estimate of drug-likeness (QED) is 0.626. The van der Waals surface area contributed by atoms with Crippen LogP contribution in [0.15, 0.2) is 58.8 Å². The molecule has 0 aromatic heterocycles. The van der Waals surface area contributed by atoms with Crippen LogP contribution in [0, 0.1) is 0 Å². The fraction of sp³-hybridized carbons (Fsp3) is 0.250. The molecule has 22 heavy (non-hydrogen) atoms. The van der Waals surface area contributed by atoms with Crippen molar-refractivity contribution in [3.63, 3.8) is 0 Å². The number of rotatable bonds is 4. The van der Waals surface area contributed by atoms with Gasteiger partial charge in [-0.1, -0.05) is 26.0 Å². The first-order valence-corrected chi connectivity index (χ1v) is 6.71. The molecule has 0 aliphatic heterocycles. The summed E-state index contributed by atoms with van der Waals surface area (Å²) in [4.78, 5) is 0. The van der Waals surface area contributed by atoms with Crippen LogP contribution < -0.4 is 4.74 Å². The maximum Gasteiger partial charge on any atom is 0.573 e. The number of nitrogens with zero attached hydrogens (tertiary/aromatic N) is 2. The van der Waals surface area contributed by atoms with E-state index in [0.717, 1.165) is 0 Å². The predicted octanol–water partition coefficient (Wildman–Crippen LogP) is 6.12. The molecule has 0 atom stereocenters. The normalized spacial score (nSPS) is 12.1. The van der Waals surface area contributed by atoms with Gasteiger partial charge in [0.1, 0.15) is 5.75 Å². The van der Waals surface area contributed by atoms with Gasteiger partial charge in [0.15, 0.2) is 0 Å². The number of azo groups is 1. The Labute approximate surface area is 126 Å². The number of hydrogen-bond donors (Lipinski definition) is 0. The minimum atomic E-state index is -4.69. The van der Waals surface area contributed by atoms with Gasteiger partial charge in [0.25, 0.3) is 0 Å². The van der Waals surface area contributed by atoms with Crippen LogP contribution in [0.2, 0.25) is 0 Å². The Morgan fingerprint density at radius 1 is 0.818 bits per heavy atom. The van der Waals surface area contributed by atoms with Crippen molar-refractivity contribution >= 4 is 11.4 Å². The zero-order valence-electron chi connectivity index (χ0n) is 12.1. The van der Waals surface area contributed by atoms with E-state index in [4.69, 9.17) is 0 Å². The van der Waals surface area contributed by atoms with Crippen molar-refractivity contribution in [2.24, 2.45) is 10.2 Å². The molecule has 116 valence electrons. The fourth-order valence-corrected chi connectivity index (χ4v) is 1.76. The highest BCUT2D eigenvalue weighted by Gasteiger charge is 2.30. The molecule has 2 aromatic rings.